The van der Waals surface area contributed by atoms with Crippen molar-refractivity contribution in [2.24, 2.45) is 0 Å². The molecule has 8 nitrogen and oxygen atoms in total. The Balaban J connectivity index is 2.66. The number of nitrogens with one attached hydrogen (secondary N) is 1. The van der Waals surface area contributed by atoms with Gasteiger partial charge in [-0.05, 0) is 13.8 Å². The van der Waals surface area contributed by atoms with Gasteiger partial charge >= 0.3 is 12.0 Å². The molecule has 0 aliphatic carbocycles. The van der Waals surface area contributed by atoms with Gasteiger partial charge in [-0.1, -0.05) is 0 Å². The summed E-state index contributed by atoms with van der Waals surface area (Å²) in [4.78, 5) is 37.4. The van der Waals surface area contributed by atoms with E-state index in [0.717, 1.165) is 4.90 Å². The fourth-order valence-corrected chi connectivity index (χ4v) is 2.09. The molecule has 0 spiro atoms. The molecule has 0 aromatic heterocycles. The number of carbonyl (C=O) groups excluding carboxylic acids is 2. The van der Waals surface area contributed by atoms with Crippen molar-refractivity contribution in [2.45, 2.75) is 38.5 Å². The van der Waals surface area contributed by atoms with Crippen LogP contribution in [-0.4, -0.2) is 76.2 Å². The number of aliphatic carboxylic acids is 1. The molecule has 3 N–H and O–H groups in total. The Labute approximate surface area is 117 Å². The minimum Gasteiger partial charge on any atom is -0.480 e. The fourth-order valence-electron chi connectivity index (χ4n) is 2.09. The molecular formula is C12H21N3O5. The summed E-state index contributed by atoms with van der Waals surface area (Å²) in [6, 6.07) is -2.46. The van der Waals surface area contributed by atoms with E-state index in [9.17, 15) is 19.5 Å². The van der Waals surface area contributed by atoms with E-state index in [1.807, 2.05) is 6.92 Å². The zero-order valence-electron chi connectivity index (χ0n) is 11.9. The molecule has 3 atom stereocenters. The number of likely N-dealkylation sites (N-methyl/N-ethyl adjacent to an activating group) is 1. The van der Waals surface area contributed by atoms with Crippen LogP contribution in [0.3, 0.4) is 0 Å². The zero-order valence-corrected chi connectivity index (χ0v) is 11.9. The van der Waals surface area contributed by atoms with Crippen molar-refractivity contribution >= 4 is 17.9 Å². The van der Waals surface area contributed by atoms with Crippen molar-refractivity contribution in [3.8, 4) is 0 Å². The third-order valence-electron chi connectivity index (χ3n) is 3.39. The Morgan fingerprint density at radius 1 is 1.45 bits per heavy atom. The molecule has 1 unspecified atom stereocenters. The summed E-state index contributed by atoms with van der Waals surface area (Å²) in [5.41, 5.74) is 0. The summed E-state index contributed by atoms with van der Waals surface area (Å²) in [5, 5.41) is 21.0. The second-order valence-corrected chi connectivity index (χ2v) is 4.92. The van der Waals surface area contributed by atoms with E-state index in [1.165, 1.54) is 11.8 Å². The summed E-state index contributed by atoms with van der Waals surface area (Å²) < 4.78 is 0. The van der Waals surface area contributed by atoms with Crippen molar-refractivity contribution in [1.29, 1.82) is 0 Å². The number of aliphatic hydroxyl groups is 1. The molecule has 0 bridgehead atoms. The molecule has 1 aliphatic rings. The maximum absolute atomic E-state index is 12.0. The Hall–Kier alpha value is -1.83. The molecule has 0 radical (unpaired) electrons. The zero-order chi connectivity index (χ0) is 15.4. The van der Waals surface area contributed by atoms with Crippen molar-refractivity contribution in [3.63, 3.8) is 0 Å². The van der Waals surface area contributed by atoms with Crippen LogP contribution in [0.15, 0.2) is 0 Å². The van der Waals surface area contributed by atoms with E-state index in [2.05, 4.69) is 5.32 Å². The lowest BCUT2D eigenvalue weighted by Gasteiger charge is -2.25. The van der Waals surface area contributed by atoms with E-state index in [1.54, 1.807) is 7.05 Å². The summed E-state index contributed by atoms with van der Waals surface area (Å²) in [6.07, 6.45) is -0.855. The third-order valence-corrected chi connectivity index (χ3v) is 3.39. The van der Waals surface area contributed by atoms with Crippen molar-refractivity contribution < 1.29 is 24.6 Å². The molecule has 1 saturated heterocycles. The Morgan fingerprint density at radius 2 is 2.05 bits per heavy atom. The molecular weight excluding hydrogens is 266 g/mol. The van der Waals surface area contributed by atoms with Crippen LogP contribution in [0, 0.1) is 0 Å². The maximum atomic E-state index is 12.0. The van der Waals surface area contributed by atoms with Crippen LogP contribution in [0.1, 0.15) is 20.3 Å². The number of carbonyl (C=O) groups is 3. The summed E-state index contributed by atoms with van der Waals surface area (Å²) in [5.74, 6) is -1.42. The number of urea groups is 1. The summed E-state index contributed by atoms with van der Waals surface area (Å²) >= 11 is 0. The standard InChI is InChI=1S/C12H21N3O5/c1-4-14(3)10(17)7(2)13-12(20)15-6-8(16)5-9(15)11(18)19/h7-9,16H,4-6H2,1-3H3,(H,13,20)(H,18,19)/t7?,8-,9-/m0/s1. The molecule has 1 heterocycles. The summed E-state index contributed by atoms with van der Waals surface area (Å²) in [7, 11) is 1.62. The van der Waals surface area contributed by atoms with Gasteiger partial charge in [-0.2, -0.15) is 0 Å². The van der Waals surface area contributed by atoms with Gasteiger partial charge in [0.2, 0.25) is 5.91 Å². The topological polar surface area (TPSA) is 110 Å². The minimum absolute atomic E-state index is 0.0000561. The number of carboxylic acids is 1. The quantitative estimate of drug-likeness (QED) is 0.619. The lowest BCUT2D eigenvalue weighted by molar-refractivity contribution is -0.141. The van der Waals surface area contributed by atoms with E-state index in [0.29, 0.717) is 6.54 Å². The second-order valence-electron chi connectivity index (χ2n) is 4.92. The highest BCUT2D eigenvalue weighted by Gasteiger charge is 2.39. The van der Waals surface area contributed by atoms with Crippen molar-refractivity contribution in [2.75, 3.05) is 20.1 Å². The number of β-amino-alcohol motifs (C(OH)–C–C–N with tert-alkyl or cyclic N) is 1. The lowest BCUT2D eigenvalue weighted by Crippen LogP contribution is -2.52. The highest BCUT2D eigenvalue weighted by atomic mass is 16.4. The average Bonchev–Trinajstić information content (AvgIpc) is 2.79. The van der Waals surface area contributed by atoms with Gasteiger partial charge in [-0.3, -0.25) is 4.79 Å². The van der Waals surface area contributed by atoms with E-state index >= 15 is 0 Å². The monoisotopic (exact) mass is 287 g/mol. The SMILES string of the molecule is CCN(C)C(=O)C(C)NC(=O)N1C[C@@H](O)C[C@H]1C(=O)O. The second kappa shape index (κ2) is 6.56. The number of rotatable bonds is 4. The molecule has 1 fully saturated rings. The number of amides is 3. The van der Waals surface area contributed by atoms with Crippen LogP contribution >= 0.6 is 0 Å². The third kappa shape index (κ3) is 3.60. The lowest BCUT2D eigenvalue weighted by atomic mass is 10.2. The van der Waals surface area contributed by atoms with Crippen molar-refractivity contribution in [1.82, 2.24) is 15.1 Å². The smallest absolute Gasteiger partial charge is 0.326 e. The van der Waals surface area contributed by atoms with Gasteiger partial charge in [0.25, 0.3) is 0 Å². The molecule has 0 aromatic carbocycles. The molecule has 8 heteroatoms. The molecule has 0 aromatic rings. The summed E-state index contributed by atoms with van der Waals surface area (Å²) in [6.45, 7) is 3.81. The van der Waals surface area contributed by atoms with Crippen LogP contribution in [0.4, 0.5) is 4.79 Å². The van der Waals surface area contributed by atoms with Gasteiger partial charge in [0.1, 0.15) is 12.1 Å². The van der Waals surface area contributed by atoms with Crippen LogP contribution < -0.4 is 5.32 Å². The van der Waals surface area contributed by atoms with E-state index in [4.69, 9.17) is 5.11 Å². The van der Waals surface area contributed by atoms with Gasteiger partial charge in [-0.15, -0.1) is 0 Å². The average molecular weight is 287 g/mol. The van der Waals surface area contributed by atoms with Gasteiger partial charge < -0.3 is 25.3 Å². The number of carboxylic acid groups (broad SMARTS) is 1. The van der Waals surface area contributed by atoms with Crippen LogP contribution in [0.2, 0.25) is 0 Å². The Kier molecular flexibility index (Phi) is 5.32. The molecule has 0 saturated carbocycles. The number of likely N-dealkylation sites (tertiary alicyclic amines) is 1. The van der Waals surface area contributed by atoms with Gasteiger partial charge in [0.15, 0.2) is 0 Å². The first-order valence-corrected chi connectivity index (χ1v) is 6.50. The molecule has 1 rings (SSSR count). The molecule has 114 valence electrons. The number of hydrogen-bond acceptors (Lipinski definition) is 4. The molecule has 3 amide bonds. The fraction of sp³-hybridized carbons (Fsp3) is 0.750. The number of hydrogen-bond donors (Lipinski definition) is 3. The number of aliphatic hydroxyl groups excluding tert-OH is 1. The normalized spacial score (nSPS) is 23.3. The first-order chi connectivity index (χ1) is 9.27. The van der Waals surface area contributed by atoms with E-state index < -0.39 is 30.2 Å². The number of nitrogens with zero attached hydrogens (tertiary/aromatic N) is 2. The predicted octanol–water partition coefficient (Wildman–Crippen LogP) is -0.917. The van der Waals surface area contributed by atoms with Crippen LogP contribution in [-0.2, 0) is 9.59 Å². The molecule has 1 aliphatic heterocycles. The first kappa shape index (κ1) is 16.2. The van der Waals surface area contributed by atoms with Gasteiger partial charge in [0, 0.05) is 26.6 Å². The van der Waals surface area contributed by atoms with Gasteiger partial charge in [-0.25, -0.2) is 9.59 Å². The molecule has 20 heavy (non-hydrogen) atoms. The van der Waals surface area contributed by atoms with E-state index in [-0.39, 0.29) is 18.9 Å². The van der Waals surface area contributed by atoms with Crippen molar-refractivity contribution in [3.05, 3.63) is 0 Å². The van der Waals surface area contributed by atoms with Gasteiger partial charge in [0.05, 0.1) is 6.10 Å². The Morgan fingerprint density at radius 3 is 2.55 bits per heavy atom. The predicted molar refractivity (Wildman–Crippen MR) is 70.1 cm³/mol. The van der Waals surface area contributed by atoms with Crippen LogP contribution in [0.25, 0.3) is 0 Å². The van der Waals surface area contributed by atoms with Crippen LogP contribution in [0.5, 0.6) is 0 Å². The maximum Gasteiger partial charge on any atom is 0.326 e. The highest BCUT2D eigenvalue weighted by molar-refractivity contribution is 5.88. The first-order valence-electron chi connectivity index (χ1n) is 6.50. The largest absolute Gasteiger partial charge is 0.480 e. The Bertz CT molecular complexity index is 401. The minimum atomic E-state index is -1.17. The highest BCUT2D eigenvalue weighted by Crippen LogP contribution is 2.18.